The number of hydrogen-bond donors (Lipinski definition) is 2. The third kappa shape index (κ3) is 6.70. The summed E-state index contributed by atoms with van der Waals surface area (Å²) in [6, 6.07) is 15.2. The van der Waals surface area contributed by atoms with E-state index in [1.165, 1.54) is 22.0 Å². The molecule has 2 atom stereocenters. The van der Waals surface area contributed by atoms with Crippen molar-refractivity contribution in [2.45, 2.75) is 52.6 Å². The summed E-state index contributed by atoms with van der Waals surface area (Å²) in [6.45, 7) is 8.06. The van der Waals surface area contributed by atoms with E-state index in [1.807, 2.05) is 75.5 Å². The molecular weight excluding hydrogens is 510 g/mol. The summed E-state index contributed by atoms with van der Waals surface area (Å²) >= 11 is 1.52. The van der Waals surface area contributed by atoms with Gasteiger partial charge in [0.25, 0.3) is 5.56 Å². The first-order chi connectivity index (χ1) is 18.6. The maximum atomic E-state index is 13.8. The molecule has 0 aliphatic heterocycles. The van der Waals surface area contributed by atoms with Crippen LogP contribution in [-0.2, 0) is 9.59 Å². The van der Waals surface area contributed by atoms with Gasteiger partial charge in [-0.1, -0.05) is 38.1 Å². The number of aliphatic carboxylic acids is 1. The Kier molecular flexibility index (Phi) is 8.76. The number of rotatable bonds is 10. The van der Waals surface area contributed by atoms with Gasteiger partial charge in [-0.05, 0) is 78.1 Å². The molecule has 0 unspecified atom stereocenters. The molecule has 0 spiro atoms. The smallest absolute Gasteiger partial charge is 0.305 e. The summed E-state index contributed by atoms with van der Waals surface area (Å²) in [6.07, 6.45) is 3.47. The quantitative estimate of drug-likeness (QED) is 0.249. The van der Waals surface area contributed by atoms with Crippen molar-refractivity contribution in [1.82, 2.24) is 14.9 Å². The lowest BCUT2D eigenvalue weighted by molar-refractivity contribution is -0.138. The molecule has 0 fully saturated rings. The molecular formula is C31H33N3O4S. The van der Waals surface area contributed by atoms with Gasteiger partial charge in [0, 0.05) is 28.9 Å². The Morgan fingerprint density at radius 2 is 1.79 bits per heavy atom. The monoisotopic (exact) mass is 543 g/mol. The van der Waals surface area contributed by atoms with Gasteiger partial charge in [-0.25, -0.2) is 0 Å². The van der Waals surface area contributed by atoms with Gasteiger partial charge >= 0.3 is 5.97 Å². The van der Waals surface area contributed by atoms with Crippen molar-refractivity contribution < 1.29 is 14.7 Å². The molecule has 1 aromatic carbocycles. The van der Waals surface area contributed by atoms with Gasteiger partial charge in [0.05, 0.1) is 18.2 Å². The average Bonchev–Trinajstić information content (AvgIpc) is 3.37. The van der Waals surface area contributed by atoms with Crippen molar-refractivity contribution in [3.63, 3.8) is 0 Å². The average molecular weight is 544 g/mol. The number of nitrogens with zero attached hydrogens (tertiary/aromatic N) is 2. The molecule has 0 aliphatic carbocycles. The third-order valence-corrected chi connectivity index (χ3v) is 7.64. The predicted molar refractivity (Wildman–Crippen MR) is 155 cm³/mol. The van der Waals surface area contributed by atoms with Crippen molar-refractivity contribution >= 4 is 23.2 Å². The van der Waals surface area contributed by atoms with Crippen molar-refractivity contribution in [2.75, 3.05) is 0 Å². The van der Waals surface area contributed by atoms with E-state index in [1.54, 1.807) is 18.5 Å². The standard InChI is InChI=1S/C31H33N3O4S/c1-19(2)14-26(34-17-22(11-12-28(34)35)24-10-5-6-13-32-24)31(38)33-25(16-29(36)37)23-15-27(39-18-23)30-20(3)8-7-9-21(30)4/h5-13,15,17-19,25-26H,14,16H2,1-4H3,(H,33,38)(H,36,37)/t25-,26-/m1/s1. The van der Waals surface area contributed by atoms with Crippen LogP contribution in [0.15, 0.2) is 77.2 Å². The second kappa shape index (κ2) is 12.2. The first kappa shape index (κ1) is 28.0. The van der Waals surface area contributed by atoms with Gasteiger partial charge in [-0.15, -0.1) is 11.3 Å². The minimum Gasteiger partial charge on any atom is -0.481 e. The molecule has 3 heterocycles. The molecule has 0 radical (unpaired) electrons. The molecule has 7 nitrogen and oxygen atoms in total. The minimum atomic E-state index is -1.02. The van der Waals surface area contributed by atoms with Gasteiger partial charge < -0.3 is 15.0 Å². The lowest BCUT2D eigenvalue weighted by Gasteiger charge is -2.25. The number of thiophene rings is 1. The number of aromatic nitrogens is 2. The highest BCUT2D eigenvalue weighted by Gasteiger charge is 2.28. The maximum Gasteiger partial charge on any atom is 0.305 e. The molecule has 0 aliphatic rings. The van der Waals surface area contributed by atoms with Crippen molar-refractivity contribution in [3.05, 3.63) is 99.4 Å². The first-order valence-corrected chi connectivity index (χ1v) is 13.8. The van der Waals surface area contributed by atoms with Crippen LogP contribution in [0.5, 0.6) is 0 Å². The Bertz CT molecular complexity index is 1500. The van der Waals surface area contributed by atoms with E-state index in [4.69, 9.17) is 0 Å². The van der Waals surface area contributed by atoms with Gasteiger partial charge in [-0.2, -0.15) is 0 Å². The van der Waals surface area contributed by atoms with Crippen molar-refractivity contribution in [2.24, 2.45) is 5.92 Å². The van der Waals surface area contributed by atoms with Crippen LogP contribution in [0.2, 0.25) is 0 Å². The number of nitrogens with one attached hydrogen (secondary N) is 1. The third-order valence-electron chi connectivity index (χ3n) is 6.68. The second-order valence-corrected chi connectivity index (χ2v) is 11.1. The Hall–Kier alpha value is -4.04. The molecule has 4 aromatic rings. The second-order valence-electron chi connectivity index (χ2n) is 10.2. The summed E-state index contributed by atoms with van der Waals surface area (Å²) in [5, 5.41) is 14.5. The topological polar surface area (TPSA) is 101 Å². The Labute approximate surface area is 232 Å². The molecule has 8 heteroatoms. The van der Waals surface area contributed by atoms with E-state index in [0.29, 0.717) is 12.1 Å². The summed E-state index contributed by atoms with van der Waals surface area (Å²) in [4.78, 5) is 43.9. The number of carboxylic acids is 1. The summed E-state index contributed by atoms with van der Waals surface area (Å²) < 4.78 is 1.44. The summed E-state index contributed by atoms with van der Waals surface area (Å²) in [5.41, 5.74) is 5.21. The zero-order valence-electron chi connectivity index (χ0n) is 22.5. The Balaban J connectivity index is 1.68. The fourth-order valence-electron chi connectivity index (χ4n) is 4.79. The number of benzene rings is 1. The zero-order valence-corrected chi connectivity index (χ0v) is 23.4. The molecule has 0 saturated heterocycles. The number of carbonyl (C=O) groups is 2. The van der Waals surface area contributed by atoms with Gasteiger partial charge in [0.2, 0.25) is 5.91 Å². The minimum absolute atomic E-state index is 0.112. The lowest BCUT2D eigenvalue weighted by Crippen LogP contribution is -2.40. The van der Waals surface area contributed by atoms with Crippen LogP contribution in [-0.4, -0.2) is 26.5 Å². The van der Waals surface area contributed by atoms with Crippen LogP contribution in [0.4, 0.5) is 0 Å². The van der Waals surface area contributed by atoms with Crippen LogP contribution < -0.4 is 10.9 Å². The van der Waals surface area contributed by atoms with Crippen molar-refractivity contribution in [3.8, 4) is 21.7 Å². The fraction of sp³-hybridized carbons (Fsp3) is 0.290. The fourth-order valence-corrected chi connectivity index (χ4v) is 5.93. The Morgan fingerprint density at radius 1 is 1.05 bits per heavy atom. The maximum absolute atomic E-state index is 13.8. The summed E-state index contributed by atoms with van der Waals surface area (Å²) in [5.74, 6) is -1.30. The first-order valence-electron chi connectivity index (χ1n) is 12.9. The zero-order chi connectivity index (χ0) is 28.1. The predicted octanol–water partition coefficient (Wildman–Crippen LogP) is 6.18. The number of carboxylic acid groups (broad SMARTS) is 1. The molecule has 0 bridgehead atoms. The number of carbonyl (C=O) groups excluding carboxylic acids is 1. The highest BCUT2D eigenvalue weighted by Crippen LogP contribution is 2.35. The van der Waals surface area contributed by atoms with E-state index in [9.17, 15) is 19.5 Å². The molecule has 4 rings (SSSR count). The van der Waals surface area contributed by atoms with Gasteiger partial charge in [-0.3, -0.25) is 19.4 Å². The number of amides is 1. The van der Waals surface area contributed by atoms with E-state index in [-0.39, 0.29) is 17.9 Å². The van der Waals surface area contributed by atoms with Crippen molar-refractivity contribution in [1.29, 1.82) is 0 Å². The normalized spacial score (nSPS) is 12.7. The molecule has 3 aromatic heterocycles. The molecule has 1 amide bonds. The number of aryl methyl sites for hydroxylation is 2. The van der Waals surface area contributed by atoms with E-state index >= 15 is 0 Å². The van der Waals surface area contributed by atoms with Gasteiger partial charge in [0.1, 0.15) is 6.04 Å². The van der Waals surface area contributed by atoms with E-state index < -0.39 is 24.0 Å². The Morgan fingerprint density at radius 3 is 2.44 bits per heavy atom. The number of hydrogen-bond acceptors (Lipinski definition) is 5. The lowest BCUT2D eigenvalue weighted by atomic mass is 9.98. The van der Waals surface area contributed by atoms with Crippen LogP contribution in [0.25, 0.3) is 21.7 Å². The molecule has 202 valence electrons. The highest BCUT2D eigenvalue weighted by molar-refractivity contribution is 7.13. The van der Waals surface area contributed by atoms with Gasteiger partial charge in [0.15, 0.2) is 0 Å². The molecule has 0 saturated carbocycles. The van der Waals surface area contributed by atoms with Crippen LogP contribution in [0.3, 0.4) is 0 Å². The van der Waals surface area contributed by atoms with Crippen LogP contribution >= 0.6 is 11.3 Å². The summed E-state index contributed by atoms with van der Waals surface area (Å²) in [7, 11) is 0. The largest absolute Gasteiger partial charge is 0.481 e. The highest BCUT2D eigenvalue weighted by atomic mass is 32.1. The van der Waals surface area contributed by atoms with E-state index in [2.05, 4.69) is 10.3 Å². The number of pyridine rings is 2. The molecule has 39 heavy (non-hydrogen) atoms. The SMILES string of the molecule is Cc1cccc(C)c1-c1cc([C@@H](CC(=O)O)NC(=O)[C@@H](CC(C)C)n2cc(-c3ccccn3)ccc2=O)cs1. The van der Waals surface area contributed by atoms with Crippen LogP contribution in [0.1, 0.15) is 55.5 Å². The molecule has 2 N–H and O–H groups in total. The van der Waals surface area contributed by atoms with Crippen LogP contribution in [0, 0.1) is 19.8 Å². The van der Waals surface area contributed by atoms with E-state index in [0.717, 1.165) is 32.7 Å².